The molecule has 4 heteroatoms. The number of nitrogens with zero attached hydrogens (tertiary/aromatic N) is 2. The van der Waals surface area contributed by atoms with Crippen molar-refractivity contribution < 1.29 is 9.47 Å². The van der Waals surface area contributed by atoms with Crippen LogP contribution in [0, 0.1) is 5.92 Å². The number of anilines is 1. The van der Waals surface area contributed by atoms with Gasteiger partial charge in [-0.1, -0.05) is 0 Å². The van der Waals surface area contributed by atoms with Gasteiger partial charge in [0.15, 0.2) is 0 Å². The molecule has 2 saturated heterocycles. The van der Waals surface area contributed by atoms with Gasteiger partial charge in [-0.05, 0) is 37.3 Å². The Labute approximate surface area is 114 Å². The van der Waals surface area contributed by atoms with E-state index in [9.17, 15) is 0 Å². The Bertz CT molecular complexity index is 412. The minimum Gasteiger partial charge on any atom is -0.385 e. The van der Waals surface area contributed by atoms with Crippen molar-refractivity contribution in [2.45, 2.75) is 24.9 Å². The SMILES string of the molecule is COCC[C@H]1CO[C@@]2(CCN(c3cccnc3)C2)C1. The lowest BCUT2D eigenvalue weighted by Crippen LogP contribution is -2.32. The van der Waals surface area contributed by atoms with E-state index in [2.05, 4.69) is 16.0 Å². The van der Waals surface area contributed by atoms with Crippen LogP contribution in [-0.2, 0) is 9.47 Å². The Morgan fingerprint density at radius 3 is 3.32 bits per heavy atom. The number of methoxy groups -OCH3 is 1. The van der Waals surface area contributed by atoms with Gasteiger partial charge in [-0.2, -0.15) is 0 Å². The summed E-state index contributed by atoms with van der Waals surface area (Å²) in [6.07, 6.45) is 7.18. The first-order chi connectivity index (χ1) is 9.31. The second kappa shape index (κ2) is 5.47. The highest BCUT2D eigenvalue weighted by Crippen LogP contribution is 2.40. The third kappa shape index (κ3) is 2.74. The zero-order valence-corrected chi connectivity index (χ0v) is 11.5. The van der Waals surface area contributed by atoms with E-state index < -0.39 is 0 Å². The molecule has 0 saturated carbocycles. The van der Waals surface area contributed by atoms with Gasteiger partial charge in [0.05, 0.1) is 24.1 Å². The summed E-state index contributed by atoms with van der Waals surface area (Å²) in [7, 11) is 1.77. The van der Waals surface area contributed by atoms with Crippen LogP contribution in [0.1, 0.15) is 19.3 Å². The topological polar surface area (TPSA) is 34.6 Å². The largest absolute Gasteiger partial charge is 0.385 e. The number of rotatable bonds is 4. The average molecular weight is 262 g/mol. The second-order valence-corrected chi connectivity index (χ2v) is 5.73. The van der Waals surface area contributed by atoms with Gasteiger partial charge in [0.1, 0.15) is 0 Å². The summed E-state index contributed by atoms with van der Waals surface area (Å²) >= 11 is 0. The third-order valence-electron chi connectivity index (χ3n) is 4.34. The van der Waals surface area contributed by atoms with E-state index >= 15 is 0 Å². The summed E-state index contributed by atoms with van der Waals surface area (Å²) in [5.74, 6) is 0.661. The standard InChI is InChI=1S/C15H22N2O2/c1-18-8-4-13-9-15(19-11-13)5-7-17(12-15)14-3-2-6-16-10-14/h2-3,6,10,13H,4-5,7-9,11-12H2,1H3/t13-,15+/m1/s1. The molecule has 2 atom stereocenters. The van der Waals surface area contributed by atoms with E-state index in [0.29, 0.717) is 5.92 Å². The van der Waals surface area contributed by atoms with Crippen molar-refractivity contribution >= 4 is 5.69 Å². The number of ether oxygens (including phenoxy) is 2. The van der Waals surface area contributed by atoms with E-state index in [1.54, 1.807) is 7.11 Å². The molecule has 0 N–H and O–H groups in total. The van der Waals surface area contributed by atoms with Gasteiger partial charge in [-0.15, -0.1) is 0 Å². The molecule has 2 fully saturated rings. The van der Waals surface area contributed by atoms with E-state index in [4.69, 9.17) is 9.47 Å². The van der Waals surface area contributed by atoms with Crippen molar-refractivity contribution in [3.8, 4) is 0 Å². The molecular formula is C15H22N2O2. The van der Waals surface area contributed by atoms with Gasteiger partial charge in [0.25, 0.3) is 0 Å². The maximum absolute atomic E-state index is 6.15. The molecule has 0 bridgehead atoms. The molecule has 1 spiro atoms. The Morgan fingerprint density at radius 2 is 2.53 bits per heavy atom. The molecule has 2 aliphatic rings. The van der Waals surface area contributed by atoms with Gasteiger partial charge < -0.3 is 14.4 Å². The van der Waals surface area contributed by atoms with Gasteiger partial charge >= 0.3 is 0 Å². The summed E-state index contributed by atoms with van der Waals surface area (Å²) in [4.78, 5) is 6.60. The van der Waals surface area contributed by atoms with Crippen LogP contribution in [0.4, 0.5) is 5.69 Å². The molecule has 3 heterocycles. The molecule has 2 aliphatic heterocycles. The fourth-order valence-corrected chi connectivity index (χ4v) is 3.30. The van der Waals surface area contributed by atoms with Crippen molar-refractivity contribution in [1.82, 2.24) is 4.98 Å². The normalized spacial score (nSPS) is 30.4. The first kappa shape index (κ1) is 12.9. The Kier molecular flexibility index (Phi) is 3.71. The zero-order chi connectivity index (χ0) is 13.1. The molecule has 1 aromatic heterocycles. The zero-order valence-electron chi connectivity index (χ0n) is 11.5. The monoisotopic (exact) mass is 262 g/mol. The van der Waals surface area contributed by atoms with E-state index in [-0.39, 0.29) is 5.60 Å². The number of aromatic nitrogens is 1. The highest BCUT2D eigenvalue weighted by molar-refractivity contribution is 5.45. The number of hydrogen-bond donors (Lipinski definition) is 0. The Balaban J connectivity index is 1.60. The van der Waals surface area contributed by atoms with Crippen LogP contribution in [0.15, 0.2) is 24.5 Å². The molecular weight excluding hydrogens is 240 g/mol. The van der Waals surface area contributed by atoms with Crippen LogP contribution in [0.25, 0.3) is 0 Å². The fraction of sp³-hybridized carbons (Fsp3) is 0.667. The van der Waals surface area contributed by atoms with Crippen LogP contribution < -0.4 is 4.90 Å². The molecule has 0 aliphatic carbocycles. The summed E-state index contributed by atoms with van der Waals surface area (Å²) in [5, 5.41) is 0. The molecule has 0 amide bonds. The molecule has 104 valence electrons. The van der Waals surface area contributed by atoms with Crippen molar-refractivity contribution in [2.24, 2.45) is 5.92 Å². The first-order valence-corrected chi connectivity index (χ1v) is 7.09. The van der Waals surface area contributed by atoms with Crippen molar-refractivity contribution in [1.29, 1.82) is 0 Å². The van der Waals surface area contributed by atoms with Gasteiger partial charge in [-0.3, -0.25) is 4.98 Å². The number of pyridine rings is 1. The molecule has 0 aromatic carbocycles. The lowest BCUT2D eigenvalue weighted by atomic mass is 9.92. The van der Waals surface area contributed by atoms with Gasteiger partial charge in [0, 0.05) is 33.0 Å². The van der Waals surface area contributed by atoms with E-state index in [0.717, 1.165) is 39.1 Å². The highest BCUT2D eigenvalue weighted by Gasteiger charge is 2.45. The smallest absolute Gasteiger partial charge is 0.0876 e. The van der Waals surface area contributed by atoms with E-state index in [1.165, 1.54) is 12.1 Å². The van der Waals surface area contributed by atoms with Gasteiger partial charge in [0.2, 0.25) is 0 Å². The van der Waals surface area contributed by atoms with Gasteiger partial charge in [-0.25, -0.2) is 0 Å². The van der Waals surface area contributed by atoms with Crippen LogP contribution in [0.3, 0.4) is 0 Å². The van der Waals surface area contributed by atoms with Crippen molar-refractivity contribution in [3.05, 3.63) is 24.5 Å². The quantitative estimate of drug-likeness (QED) is 0.832. The van der Waals surface area contributed by atoms with Crippen LogP contribution >= 0.6 is 0 Å². The molecule has 1 aromatic rings. The fourth-order valence-electron chi connectivity index (χ4n) is 3.30. The van der Waals surface area contributed by atoms with Crippen molar-refractivity contribution in [2.75, 3.05) is 38.3 Å². The average Bonchev–Trinajstić information content (AvgIpc) is 3.05. The van der Waals surface area contributed by atoms with Crippen LogP contribution in [0.2, 0.25) is 0 Å². The first-order valence-electron chi connectivity index (χ1n) is 7.09. The summed E-state index contributed by atoms with van der Waals surface area (Å²) in [6.45, 7) is 3.81. The summed E-state index contributed by atoms with van der Waals surface area (Å²) in [5.41, 5.74) is 1.29. The predicted octanol–water partition coefficient (Wildman–Crippen LogP) is 2.10. The molecule has 4 nitrogen and oxygen atoms in total. The minimum absolute atomic E-state index is 0.0776. The van der Waals surface area contributed by atoms with Crippen molar-refractivity contribution in [3.63, 3.8) is 0 Å². The molecule has 0 unspecified atom stereocenters. The molecule has 3 rings (SSSR count). The predicted molar refractivity (Wildman–Crippen MR) is 74.4 cm³/mol. The van der Waals surface area contributed by atoms with Crippen LogP contribution in [0.5, 0.6) is 0 Å². The van der Waals surface area contributed by atoms with Crippen LogP contribution in [-0.4, -0.2) is 44.0 Å². The third-order valence-corrected chi connectivity index (χ3v) is 4.34. The summed E-state index contributed by atoms with van der Waals surface area (Å²) < 4.78 is 11.3. The maximum atomic E-state index is 6.15. The Morgan fingerprint density at radius 1 is 1.58 bits per heavy atom. The molecule has 0 radical (unpaired) electrons. The van der Waals surface area contributed by atoms with E-state index in [1.807, 2.05) is 18.5 Å². The summed E-state index contributed by atoms with van der Waals surface area (Å²) in [6, 6.07) is 4.13. The minimum atomic E-state index is 0.0776. The maximum Gasteiger partial charge on any atom is 0.0876 e. The lowest BCUT2D eigenvalue weighted by Gasteiger charge is -2.24. The number of hydrogen-bond acceptors (Lipinski definition) is 4. The lowest BCUT2D eigenvalue weighted by molar-refractivity contribution is 0.0213. The highest BCUT2D eigenvalue weighted by atomic mass is 16.5. The second-order valence-electron chi connectivity index (χ2n) is 5.73. The molecule has 19 heavy (non-hydrogen) atoms. The Hall–Kier alpha value is -1.13.